The molecule has 7 heteroatoms. The first kappa shape index (κ1) is 16.8. The lowest BCUT2D eigenvalue weighted by atomic mass is 10.2. The summed E-state index contributed by atoms with van der Waals surface area (Å²) < 4.78 is 7.90. The minimum absolute atomic E-state index is 0.110. The molecular weight excluding hydrogens is 314 g/mol. The molecule has 0 atom stereocenters. The van der Waals surface area contributed by atoms with Crippen molar-refractivity contribution in [2.75, 3.05) is 4.90 Å². The molecule has 0 aliphatic rings. The quantitative estimate of drug-likeness (QED) is 0.909. The van der Waals surface area contributed by atoms with Crippen molar-refractivity contribution in [3.05, 3.63) is 45.7 Å². The van der Waals surface area contributed by atoms with Crippen LogP contribution in [0.15, 0.2) is 29.1 Å². The second kappa shape index (κ2) is 6.26. The van der Waals surface area contributed by atoms with Crippen molar-refractivity contribution in [1.82, 2.24) is 4.37 Å². The fourth-order valence-corrected chi connectivity index (χ4v) is 2.66. The van der Waals surface area contributed by atoms with Gasteiger partial charge in [-0.1, -0.05) is 17.7 Å². The zero-order valence-corrected chi connectivity index (χ0v) is 14.2. The predicted molar refractivity (Wildman–Crippen MR) is 89.2 cm³/mol. The lowest BCUT2D eigenvalue weighted by Crippen LogP contribution is -2.34. The third-order valence-corrected chi connectivity index (χ3v) is 3.73. The molecule has 1 N–H and O–H groups in total. The predicted octanol–water partition coefficient (Wildman–Crippen LogP) is 3.69. The van der Waals surface area contributed by atoms with Gasteiger partial charge in [-0.15, -0.1) is 0 Å². The third kappa shape index (κ3) is 3.79. The molecule has 120 valence electrons. The Kier molecular flexibility index (Phi) is 4.57. The number of H-pyrrole nitrogens is 1. The van der Waals surface area contributed by atoms with Gasteiger partial charge in [0.25, 0.3) is 5.56 Å². The van der Waals surface area contributed by atoms with Crippen molar-refractivity contribution in [2.24, 2.45) is 0 Å². The Hall–Kier alpha value is -2.59. The number of aromatic nitrogens is 1. The summed E-state index contributed by atoms with van der Waals surface area (Å²) >= 11 is 0.927. The van der Waals surface area contributed by atoms with Crippen LogP contribution < -0.4 is 10.5 Å². The second-order valence-corrected chi connectivity index (χ2v) is 6.77. The molecule has 1 aromatic carbocycles. The van der Waals surface area contributed by atoms with Crippen LogP contribution in [-0.2, 0) is 4.74 Å². The van der Waals surface area contributed by atoms with Crippen LogP contribution in [0.1, 0.15) is 31.9 Å². The van der Waals surface area contributed by atoms with Crippen molar-refractivity contribution < 1.29 is 9.53 Å². The number of hydrogen-bond acceptors (Lipinski definition) is 5. The van der Waals surface area contributed by atoms with Crippen LogP contribution in [0.25, 0.3) is 0 Å². The first-order valence-corrected chi connectivity index (χ1v) is 7.76. The molecule has 6 nitrogen and oxygen atoms in total. The van der Waals surface area contributed by atoms with Gasteiger partial charge < -0.3 is 4.74 Å². The third-order valence-electron chi connectivity index (χ3n) is 2.86. The van der Waals surface area contributed by atoms with Gasteiger partial charge in [0.1, 0.15) is 16.7 Å². The van der Waals surface area contributed by atoms with E-state index in [1.54, 1.807) is 32.9 Å². The molecule has 0 saturated heterocycles. The van der Waals surface area contributed by atoms with Gasteiger partial charge in [-0.3, -0.25) is 9.17 Å². The van der Waals surface area contributed by atoms with E-state index in [1.807, 2.05) is 25.1 Å². The van der Waals surface area contributed by atoms with E-state index in [2.05, 4.69) is 4.37 Å². The number of amides is 1. The molecule has 0 fully saturated rings. The van der Waals surface area contributed by atoms with E-state index in [4.69, 9.17) is 4.74 Å². The van der Waals surface area contributed by atoms with Gasteiger partial charge in [-0.25, -0.2) is 9.69 Å². The molecule has 1 amide bonds. The highest BCUT2D eigenvalue weighted by Crippen LogP contribution is 2.32. The maximum atomic E-state index is 12.6. The minimum Gasteiger partial charge on any atom is -0.443 e. The summed E-state index contributed by atoms with van der Waals surface area (Å²) in [6.45, 7) is 7.19. The number of carbonyl (C=O) groups is 1. The van der Waals surface area contributed by atoms with E-state index in [-0.39, 0.29) is 10.6 Å². The monoisotopic (exact) mass is 331 g/mol. The van der Waals surface area contributed by atoms with E-state index >= 15 is 0 Å². The Bertz CT molecular complexity index is 807. The number of nitrogens with one attached hydrogen (secondary N) is 1. The highest BCUT2D eigenvalue weighted by Gasteiger charge is 2.29. The Balaban J connectivity index is 2.56. The normalized spacial score (nSPS) is 10.9. The zero-order chi connectivity index (χ0) is 17.2. The van der Waals surface area contributed by atoms with Crippen LogP contribution in [0.5, 0.6) is 0 Å². The molecule has 0 aliphatic heterocycles. The van der Waals surface area contributed by atoms with Gasteiger partial charge in [0.15, 0.2) is 5.56 Å². The second-order valence-electron chi connectivity index (χ2n) is 5.98. The number of carbonyl (C=O) groups excluding carboxylic acids is 1. The largest absolute Gasteiger partial charge is 0.443 e. The molecule has 0 spiro atoms. The number of benzene rings is 1. The molecule has 0 unspecified atom stereocenters. The molecule has 2 rings (SSSR count). The molecule has 0 radical (unpaired) electrons. The van der Waals surface area contributed by atoms with Gasteiger partial charge in [0, 0.05) is 0 Å². The summed E-state index contributed by atoms with van der Waals surface area (Å²) in [6.07, 6.45) is -0.645. The number of hydrogen-bond donors (Lipinski definition) is 1. The van der Waals surface area contributed by atoms with E-state index in [9.17, 15) is 14.9 Å². The van der Waals surface area contributed by atoms with Crippen LogP contribution in [-0.4, -0.2) is 16.1 Å². The Morgan fingerprint density at radius 2 is 1.91 bits per heavy atom. The molecule has 0 aliphatic carbocycles. The Morgan fingerprint density at radius 1 is 1.30 bits per heavy atom. The first-order chi connectivity index (χ1) is 10.7. The molecule has 2 aromatic rings. The number of nitrogens with zero attached hydrogens (tertiary/aromatic N) is 2. The fourth-order valence-electron chi connectivity index (χ4n) is 1.86. The fraction of sp³-hybridized carbons (Fsp3) is 0.312. The Morgan fingerprint density at radius 3 is 2.43 bits per heavy atom. The van der Waals surface area contributed by atoms with Crippen molar-refractivity contribution in [2.45, 2.75) is 33.3 Å². The van der Waals surface area contributed by atoms with Crippen LogP contribution >= 0.6 is 11.5 Å². The smallest absolute Gasteiger partial charge is 0.420 e. The van der Waals surface area contributed by atoms with Gasteiger partial charge >= 0.3 is 6.09 Å². The number of aryl methyl sites for hydroxylation is 1. The summed E-state index contributed by atoms with van der Waals surface area (Å²) in [5.74, 6) is 0. The SMILES string of the molecule is Cc1ccc(N(C(=O)OC(C)(C)C)c2s[nH]c(=O)c2C#N)cc1. The number of nitriles is 1. The lowest BCUT2D eigenvalue weighted by molar-refractivity contribution is 0.0600. The van der Waals surface area contributed by atoms with Crippen LogP contribution in [0.3, 0.4) is 0 Å². The molecular formula is C16H17N3O3S. The number of ether oxygens (including phenoxy) is 1. The summed E-state index contributed by atoms with van der Waals surface area (Å²) in [4.78, 5) is 25.6. The molecule has 0 saturated carbocycles. The van der Waals surface area contributed by atoms with Crippen LogP contribution in [0.4, 0.5) is 15.5 Å². The first-order valence-electron chi connectivity index (χ1n) is 6.94. The maximum absolute atomic E-state index is 12.6. The maximum Gasteiger partial charge on any atom is 0.420 e. The summed E-state index contributed by atoms with van der Waals surface area (Å²) in [5, 5.41) is 9.42. The highest BCUT2D eigenvalue weighted by atomic mass is 32.1. The standard InChI is InChI=1S/C16H17N3O3S/c1-10-5-7-11(8-6-10)19(15(21)22-16(2,3)4)14-12(9-17)13(20)18-23-14/h5-8H,1-4H3,(H,18,20). The van der Waals surface area contributed by atoms with Gasteiger partial charge in [0.05, 0.1) is 5.69 Å². The van der Waals surface area contributed by atoms with Crippen LogP contribution in [0.2, 0.25) is 0 Å². The van der Waals surface area contributed by atoms with E-state index in [1.165, 1.54) is 4.90 Å². The van der Waals surface area contributed by atoms with Crippen molar-refractivity contribution in [3.8, 4) is 6.07 Å². The van der Waals surface area contributed by atoms with Crippen molar-refractivity contribution >= 4 is 28.3 Å². The van der Waals surface area contributed by atoms with Crippen molar-refractivity contribution in [3.63, 3.8) is 0 Å². The topological polar surface area (TPSA) is 86.2 Å². The van der Waals surface area contributed by atoms with E-state index in [0.29, 0.717) is 5.69 Å². The van der Waals surface area contributed by atoms with Gasteiger partial charge in [-0.05, 0) is 51.4 Å². The summed E-state index contributed by atoms with van der Waals surface area (Å²) in [7, 11) is 0. The van der Waals surface area contributed by atoms with Gasteiger partial charge in [-0.2, -0.15) is 5.26 Å². The summed E-state index contributed by atoms with van der Waals surface area (Å²) in [5.41, 5.74) is 0.223. The number of rotatable bonds is 2. The lowest BCUT2D eigenvalue weighted by Gasteiger charge is -2.26. The molecule has 23 heavy (non-hydrogen) atoms. The van der Waals surface area contributed by atoms with E-state index < -0.39 is 17.3 Å². The molecule has 1 heterocycles. The molecule has 0 bridgehead atoms. The van der Waals surface area contributed by atoms with Crippen LogP contribution in [0, 0.1) is 18.3 Å². The minimum atomic E-state index is -0.700. The summed E-state index contributed by atoms with van der Waals surface area (Å²) in [6, 6.07) is 9.00. The average molecular weight is 331 g/mol. The Labute approximate surface area is 138 Å². The highest BCUT2D eigenvalue weighted by molar-refractivity contribution is 7.10. The number of aromatic amines is 1. The van der Waals surface area contributed by atoms with E-state index in [0.717, 1.165) is 17.1 Å². The van der Waals surface area contributed by atoms with Gasteiger partial charge in [0.2, 0.25) is 0 Å². The zero-order valence-electron chi connectivity index (χ0n) is 13.3. The molecule has 1 aromatic heterocycles. The van der Waals surface area contributed by atoms with Crippen molar-refractivity contribution in [1.29, 1.82) is 5.26 Å². The average Bonchev–Trinajstić information content (AvgIpc) is 2.80. The number of anilines is 2.